The standard InChI is InChI=1S/C12H25NO3/c1-2-13-11(6-7-14)9-15-10-12-5-3-4-8-16-12/h11-14H,2-10H2,1H3. The maximum absolute atomic E-state index is 8.89. The summed E-state index contributed by atoms with van der Waals surface area (Å²) in [6.07, 6.45) is 4.58. The number of aliphatic hydroxyl groups is 1. The lowest BCUT2D eigenvalue weighted by Gasteiger charge is -2.24. The molecule has 1 aliphatic rings. The van der Waals surface area contributed by atoms with Gasteiger partial charge in [0.1, 0.15) is 0 Å². The van der Waals surface area contributed by atoms with Gasteiger partial charge in [0, 0.05) is 19.3 Å². The molecule has 2 N–H and O–H groups in total. The molecule has 0 aromatic rings. The molecule has 0 aliphatic carbocycles. The van der Waals surface area contributed by atoms with Crippen molar-refractivity contribution in [3.8, 4) is 0 Å². The van der Waals surface area contributed by atoms with E-state index in [1.54, 1.807) is 0 Å². The van der Waals surface area contributed by atoms with Gasteiger partial charge in [-0.15, -0.1) is 0 Å². The van der Waals surface area contributed by atoms with E-state index >= 15 is 0 Å². The van der Waals surface area contributed by atoms with Crippen LogP contribution in [0.25, 0.3) is 0 Å². The van der Waals surface area contributed by atoms with Crippen LogP contribution in [0.3, 0.4) is 0 Å². The largest absolute Gasteiger partial charge is 0.396 e. The highest BCUT2D eigenvalue weighted by Gasteiger charge is 2.14. The van der Waals surface area contributed by atoms with Gasteiger partial charge in [0.25, 0.3) is 0 Å². The summed E-state index contributed by atoms with van der Waals surface area (Å²) >= 11 is 0. The zero-order valence-corrected chi connectivity index (χ0v) is 10.3. The molecular weight excluding hydrogens is 206 g/mol. The minimum absolute atomic E-state index is 0.209. The van der Waals surface area contributed by atoms with E-state index in [9.17, 15) is 0 Å². The smallest absolute Gasteiger partial charge is 0.0808 e. The fourth-order valence-corrected chi connectivity index (χ4v) is 1.97. The van der Waals surface area contributed by atoms with Gasteiger partial charge in [0.05, 0.1) is 19.3 Å². The van der Waals surface area contributed by atoms with Crippen molar-refractivity contribution in [2.24, 2.45) is 0 Å². The summed E-state index contributed by atoms with van der Waals surface area (Å²) in [6, 6.07) is 0.263. The van der Waals surface area contributed by atoms with Crippen LogP contribution in [0.4, 0.5) is 0 Å². The Labute approximate surface area is 98.3 Å². The van der Waals surface area contributed by atoms with E-state index in [0.29, 0.717) is 13.2 Å². The summed E-state index contributed by atoms with van der Waals surface area (Å²) in [4.78, 5) is 0. The predicted octanol–water partition coefficient (Wildman–Crippen LogP) is 0.933. The van der Waals surface area contributed by atoms with Crippen LogP contribution in [0.5, 0.6) is 0 Å². The molecule has 1 saturated heterocycles. The van der Waals surface area contributed by atoms with E-state index in [1.165, 1.54) is 12.8 Å². The van der Waals surface area contributed by atoms with Crippen molar-refractivity contribution in [2.45, 2.75) is 44.8 Å². The lowest BCUT2D eigenvalue weighted by Crippen LogP contribution is -2.35. The Kier molecular flexibility index (Phi) is 7.76. The summed E-state index contributed by atoms with van der Waals surface area (Å²) < 4.78 is 11.2. The molecule has 0 spiro atoms. The Morgan fingerprint density at radius 1 is 1.50 bits per heavy atom. The average molecular weight is 231 g/mol. The first-order valence-electron chi connectivity index (χ1n) is 6.40. The van der Waals surface area contributed by atoms with E-state index in [2.05, 4.69) is 12.2 Å². The van der Waals surface area contributed by atoms with Gasteiger partial charge in [0.2, 0.25) is 0 Å². The third-order valence-electron chi connectivity index (χ3n) is 2.87. The van der Waals surface area contributed by atoms with Crippen molar-refractivity contribution in [1.82, 2.24) is 5.32 Å². The SMILES string of the molecule is CCNC(CCO)COCC1CCCCO1. The highest BCUT2D eigenvalue weighted by Crippen LogP contribution is 2.12. The van der Waals surface area contributed by atoms with Gasteiger partial charge in [0.15, 0.2) is 0 Å². The second-order valence-electron chi connectivity index (χ2n) is 4.29. The molecule has 4 nitrogen and oxygen atoms in total. The quantitative estimate of drug-likeness (QED) is 0.652. The van der Waals surface area contributed by atoms with Gasteiger partial charge >= 0.3 is 0 Å². The van der Waals surface area contributed by atoms with Crippen molar-refractivity contribution in [3.63, 3.8) is 0 Å². The first-order chi connectivity index (χ1) is 7.86. The highest BCUT2D eigenvalue weighted by molar-refractivity contribution is 4.66. The topological polar surface area (TPSA) is 50.7 Å². The van der Waals surface area contributed by atoms with Crippen molar-refractivity contribution in [1.29, 1.82) is 0 Å². The molecular formula is C12H25NO3. The third kappa shape index (κ3) is 5.80. The molecule has 0 saturated carbocycles. The number of hydrogen-bond donors (Lipinski definition) is 2. The summed E-state index contributed by atoms with van der Waals surface area (Å²) in [6.45, 7) is 5.41. The highest BCUT2D eigenvalue weighted by atomic mass is 16.5. The molecule has 0 radical (unpaired) electrons. The van der Waals surface area contributed by atoms with E-state index in [4.69, 9.17) is 14.6 Å². The molecule has 1 heterocycles. The Balaban J connectivity index is 2.06. The monoisotopic (exact) mass is 231 g/mol. The predicted molar refractivity (Wildman–Crippen MR) is 63.6 cm³/mol. The number of hydrogen-bond acceptors (Lipinski definition) is 4. The van der Waals surface area contributed by atoms with Crippen LogP contribution >= 0.6 is 0 Å². The fraction of sp³-hybridized carbons (Fsp3) is 1.00. The summed E-state index contributed by atoms with van der Waals surface area (Å²) in [5.41, 5.74) is 0. The molecule has 4 heteroatoms. The molecule has 2 unspecified atom stereocenters. The van der Waals surface area contributed by atoms with E-state index in [0.717, 1.165) is 26.0 Å². The van der Waals surface area contributed by atoms with Gasteiger partial charge in [-0.3, -0.25) is 0 Å². The Hall–Kier alpha value is -0.160. The molecule has 0 amide bonds. The normalized spacial score (nSPS) is 23.2. The number of nitrogens with one attached hydrogen (secondary N) is 1. The molecule has 96 valence electrons. The van der Waals surface area contributed by atoms with E-state index in [1.807, 2.05) is 0 Å². The Morgan fingerprint density at radius 2 is 2.38 bits per heavy atom. The number of likely N-dealkylation sites (N-methyl/N-ethyl adjacent to an activating group) is 1. The van der Waals surface area contributed by atoms with E-state index in [-0.39, 0.29) is 18.8 Å². The van der Waals surface area contributed by atoms with Gasteiger partial charge in [-0.25, -0.2) is 0 Å². The third-order valence-corrected chi connectivity index (χ3v) is 2.87. The summed E-state index contributed by atoms with van der Waals surface area (Å²) in [7, 11) is 0. The van der Waals surface area contributed by atoms with Crippen molar-refractivity contribution in [2.75, 3.05) is 33.0 Å². The lowest BCUT2D eigenvalue weighted by atomic mass is 10.1. The Morgan fingerprint density at radius 3 is 3.00 bits per heavy atom. The van der Waals surface area contributed by atoms with Crippen LogP contribution in [0, 0.1) is 0 Å². The van der Waals surface area contributed by atoms with Crippen LogP contribution in [0.1, 0.15) is 32.6 Å². The first kappa shape index (κ1) is 13.9. The maximum atomic E-state index is 8.89. The average Bonchev–Trinajstić information content (AvgIpc) is 2.31. The maximum Gasteiger partial charge on any atom is 0.0808 e. The van der Waals surface area contributed by atoms with E-state index < -0.39 is 0 Å². The summed E-state index contributed by atoms with van der Waals surface area (Å²) in [5, 5.41) is 12.2. The summed E-state index contributed by atoms with van der Waals surface area (Å²) in [5.74, 6) is 0. The molecule has 16 heavy (non-hydrogen) atoms. The van der Waals surface area contributed by atoms with Crippen molar-refractivity contribution < 1.29 is 14.6 Å². The van der Waals surface area contributed by atoms with Gasteiger partial charge in [-0.05, 0) is 32.2 Å². The van der Waals surface area contributed by atoms with Crippen LogP contribution < -0.4 is 5.32 Å². The van der Waals surface area contributed by atoms with Crippen LogP contribution in [-0.4, -0.2) is 50.2 Å². The second-order valence-corrected chi connectivity index (χ2v) is 4.29. The molecule has 0 bridgehead atoms. The second kappa shape index (κ2) is 8.93. The first-order valence-corrected chi connectivity index (χ1v) is 6.40. The minimum atomic E-state index is 0.209. The molecule has 1 fully saturated rings. The lowest BCUT2D eigenvalue weighted by molar-refractivity contribution is -0.0448. The number of aliphatic hydroxyl groups excluding tert-OH is 1. The van der Waals surface area contributed by atoms with Gasteiger partial charge in [-0.2, -0.15) is 0 Å². The van der Waals surface area contributed by atoms with Gasteiger partial charge < -0.3 is 19.9 Å². The minimum Gasteiger partial charge on any atom is -0.396 e. The molecule has 2 atom stereocenters. The van der Waals surface area contributed by atoms with Crippen LogP contribution in [0.15, 0.2) is 0 Å². The van der Waals surface area contributed by atoms with Crippen LogP contribution in [-0.2, 0) is 9.47 Å². The molecule has 1 aliphatic heterocycles. The van der Waals surface area contributed by atoms with Crippen molar-refractivity contribution in [3.05, 3.63) is 0 Å². The van der Waals surface area contributed by atoms with Gasteiger partial charge in [-0.1, -0.05) is 6.92 Å². The Bertz CT molecular complexity index is 154. The van der Waals surface area contributed by atoms with Crippen LogP contribution in [0.2, 0.25) is 0 Å². The van der Waals surface area contributed by atoms with Crippen molar-refractivity contribution >= 4 is 0 Å². The zero-order valence-electron chi connectivity index (χ0n) is 10.3. The molecule has 0 aromatic carbocycles. The molecule has 1 rings (SSSR count). The number of ether oxygens (including phenoxy) is 2. The molecule has 0 aromatic heterocycles. The zero-order chi connectivity index (χ0) is 11.6. The number of rotatable bonds is 8. The fourth-order valence-electron chi connectivity index (χ4n) is 1.97.